The van der Waals surface area contributed by atoms with Gasteiger partial charge in [0.1, 0.15) is 0 Å². The zero-order valence-electron chi connectivity index (χ0n) is 15.2. The van der Waals surface area contributed by atoms with Gasteiger partial charge in [-0.2, -0.15) is 4.68 Å². The first-order chi connectivity index (χ1) is 13.7. The molecule has 0 saturated heterocycles. The van der Waals surface area contributed by atoms with E-state index in [1.807, 2.05) is 30.3 Å². The van der Waals surface area contributed by atoms with Gasteiger partial charge >= 0.3 is 5.97 Å². The van der Waals surface area contributed by atoms with Gasteiger partial charge in [-0.1, -0.05) is 42.1 Å². The molecule has 0 unspecified atom stereocenters. The van der Waals surface area contributed by atoms with E-state index in [9.17, 15) is 9.59 Å². The molecular weight excluding hydrogens is 378 g/mol. The quantitative estimate of drug-likeness (QED) is 0.458. The van der Waals surface area contributed by atoms with Crippen LogP contribution in [0, 0.1) is 0 Å². The van der Waals surface area contributed by atoms with Gasteiger partial charge in [0.2, 0.25) is 11.1 Å². The third kappa shape index (κ3) is 5.17. The van der Waals surface area contributed by atoms with Crippen molar-refractivity contribution in [1.82, 2.24) is 25.5 Å². The predicted molar refractivity (Wildman–Crippen MR) is 104 cm³/mol. The minimum atomic E-state index is -0.412. The fraction of sp³-hybridized carbons (Fsp3) is 0.211. The lowest BCUT2D eigenvalue weighted by atomic mass is 10.1. The Kier molecular flexibility index (Phi) is 6.74. The van der Waals surface area contributed by atoms with Gasteiger partial charge in [0, 0.05) is 6.54 Å². The Morgan fingerprint density at radius 1 is 1.11 bits per heavy atom. The van der Waals surface area contributed by atoms with E-state index in [-0.39, 0.29) is 11.7 Å². The van der Waals surface area contributed by atoms with Gasteiger partial charge in [0.15, 0.2) is 0 Å². The Balaban J connectivity index is 1.52. The number of carbonyl (C=O) groups is 2. The second-order valence-corrected chi connectivity index (χ2v) is 6.73. The maximum Gasteiger partial charge on any atom is 0.337 e. The number of esters is 1. The number of carbonyl (C=O) groups excluding carboxylic acids is 2. The Hall–Kier alpha value is -3.20. The van der Waals surface area contributed by atoms with Crippen LogP contribution in [-0.2, 0) is 16.0 Å². The van der Waals surface area contributed by atoms with Gasteiger partial charge in [-0.05, 0) is 46.7 Å². The Bertz CT molecular complexity index is 928. The largest absolute Gasteiger partial charge is 0.465 e. The summed E-state index contributed by atoms with van der Waals surface area (Å²) in [5.41, 5.74) is 2.30. The molecule has 144 valence electrons. The molecule has 3 aromatic rings. The van der Waals surface area contributed by atoms with E-state index < -0.39 is 5.97 Å². The second-order valence-electron chi connectivity index (χ2n) is 5.79. The molecule has 0 aliphatic heterocycles. The molecule has 0 fully saturated rings. The second kappa shape index (κ2) is 9.65. The molecular formula is C19H19N5O3S. The number of rotatable bonds is 8. The van der Waals surface area contributed by atoms with Crippen LogP contribution in [-0.4, -0.2) is 51.5 Å². The van der Waals surface area contributed by atoms with Crippen molar-refractivity contribution in [2.24, 2.45) is 0 Å². The molecule has 9 heteroatoms. The lowest BCUT2D eigenvalue weighted by molar-refractivity contribution is -0.118. The summed E-state index contributed by atoms with van der Waals surface area (Å²) in [6, 6.07) is 16.7. The minimum Gasteiger partial charge on any atom is -0.465 e. The summed E-state index contributed by atoms with van der Waals surface area (Å²) >= 11 is 1.24. The summed E-state index contributed by atoms with van der Waals surface area (Å²) in [6.45, 7) is 0.573. The van der Waals surface area contributed by atoms with Crippen LogP contribution in [0.4, 0.5) is 0 Å². The van der Waals surface area contributed by atoms with Crippen LogP contribution in [0.25, 0.3) is 5.69 Å². The molecule has 28 heavy (non-hydrogen) atoms. The number of amides is 1. The van der Waals surface area contributed by atoms with Crippen molar-refractivity contribution in [2.75, 3.05) is 19.4 Å². The molecule has 1 heterocycles. The van der Waals surface area contributed by atoms with Crippen LogP contribution in [0.1, 0.15) is 15.9 Å². The summed E-state index contributed by atoms with van der Waals surface area (Å²) in [5.74, 6) is -0.295. The molecule has 3 rings (SSSR count). The van der Waals surface area contributed by atoms with Crippen LogP contribution >= 0.6 is 11.8 Å². The Labute approximate surface area is 166 Å². The first-order valence-corrected chi connectivity index (χ1v) is 9.56. The average Bonchev–Trinajstić information content (AvgIpc) is 3.21. The maximum atomic E-state index is 12.1. The van der Waals surface area contributed by atoms with Crippen molar-refractivity contribution < 1.29 is 14.3 Å². The predicted octanol–water partition coefficient (Wildman–Crippen LogP) is 1.90. The zero-order chi connectivity index (χ0) is 19.8. The molecule has 0 saturated carbocycles. The van der Waals surface area contributed by atoms with Crippen LogP contribution in [0.15, 0.2) is 59.8 Å². The van der Waals surface area contributed by atoms with Crippen LogP contribution in [0.2, 0.25) is 0 Å². The first kappa shape index (κ1) is 19.6. The van der Waals surface area contributed by atoms with E-state index in [1.165, 1.54) is 29.1 Å². The summed E-state index contributed by atoms with van der Waals surface area (Å²) in [5, 5.41) is 15.0. The molecule has 1 N–H and O–H groups in total. The van der Waals surface area contributed by atoms with E-state index in [2.05, 4.69) is 25.6 Å². The average molecular weight is 397 g/mol. The maximum absolute atomic E-state index is 12.1. The van der Waals surface area contributed by atoms with E-state index >= 15 is 0 Å². The van der Waals surface area contributed by atoms with Crippen LogP contribution in [0.5, 0.6) is 0 Å². The fourth-order valence-electron chi connectivity index (χ4n) is 2.46. The van der Waals surface area contributed by atoms with Crippen molar-refractivity contribution in [2.45, 2.75) is 11.6 Å². The molecule has 0 atom stereocenters. The van der Waals surface area contributed by atoms with Crippen molar-refractivity contribution >= 4 is 23.6 Å². The van der Waals surface area contributed by atoms with Gasteiger partial charge in [-0.25, -0.2) is 4.79 Å². The highest BCUT2D eigenvalue weighted by Gasteiger charge is 2.12. The smallest absolute Gasteiger partial charge is 0.337 e. The normalized spacial score (nSPS) is 10.5. The van der Waals surface area contributed by atoms with Crippen LogP contribution < -0.4 is 5.32 Å². The van der Waals surface area contributed by atoms with Crippen LogP contribution in [0.3, 0.4) is 0 Å². The number of nitrogens with zero attached hydrogens (tertiary/aromatic N) is 4. The fourth-order valence-corrected chi connectivity index (χ4v) is 3.18. The number of nitrogens with one attached hydrogen (secondary N) is 1. The number of ether oxygens (including phenoxy) is 1. The van der Waals surface area contributed by atoms with E-state index in [0.29, 0.717) is 23.0 Å². The molecule has 8 nitrogen and oxygen atoms in total. The number of benzene rings is 2. The Morgan fingerprint density at radius 2 is 1.86 bits per heavy atom. The molecule has 1 aromatic heterocycles. The van der Waals surface area contributed by atoms with Gasteiger partial charge < -0.3 is 10.1 Å². The monoisotopic (exact) mass is 397 g/mol. The third-order valence-electron chi connectivity index (χ3n) is 3.88. The van der Waals surface area contributed by atoms with Gasteiger partial charge in [0.05, 0.1) is 24.1 Å². The lowest BCUT2D eigenvalue weighted by Crippen LogP contribution is -2.27. The van der Waals surface area contributed by atoms with E-state index in [4.69, 9.17) is 0 Å². The summed E-state index contributed by atoms with van der Waals surface area (Å²) in [4.78, 5) is 23.6. The molecule has 2 aromatic carbocycles. The van der Waals surface area contributed by atoms with Crippen molar-refractivity contribution in [1.29, 1.82) is 0 Å². The SMILES string of the molecule is COC(=O)c1ccc(-n2nnnc2SCC(=O)NCCc2ccccc2)cc1. The molecule has 0 radical (unpaired) electrons. The zero-order valence-corrected chi connectivity index (χ0v) is 16.1. The number of thioether (sulfide) groups is 1. The minimum absolute atomic E-state index is 0.0866. The lowest BCUT2D eigenvalue weighted by Gasteiger charge is -2.06. The van der Waals surface area contributed by atoms with E-state index in [1.54, 1.807) is 24.3 Å². The van der Waals surface area contributed by atoms with Gasteiger partial charge in [-0.3, -0.25) is 4.79 Å². The summed E-state index contributed by atoms with van der Waals surface area (Å²) in [6.07, 6.45) is 0.779. The topological polar surface area (TPSA) is 99.0 Å². The molecule has 0 aliphatic rings. The number of hydrogen-bond donors (Lipinski definition) is 1. The highest BCUT2D eigenvalue weighted by molar-refractivity contribution is 7.99. The first-order valence-electron chi connectivity index (χ1n) is 8.58. The molecule has 1 amide bonds. The van der Waals surface area contributed by atoms with Gasteiger partial charge in [0.25, 0.3) is 0 Å². The summed E-state index contributed by atoms with van der Waals surface area (Å²) in [7, 11) is 1.33. The molecule has 0 aliphatic carbocycles. The highest BCUT2D eigenvalue weighted by Crippen LogP contribution is 2.18. The van der Waals surface area contributed by atoms with Gasteiger partial charge in [-0.15, -0.1) is 5.10 Å². The number of hydrogen-bond acceptors (Lipinski definition) is 7. The summed E-state index contributed by atoms with van der Waals surface area (Å²) < 4.78 is 6.20. The standard InChI is InChI=1S/C19H19N5O3S/c1-27-18(26)15-7-9-16(10-8-15)24-19(21-22-23-24)28-13-17(25)20-12-11-14-5-3-2-4-6-14/h2-10H,11-13H2,1H3,(H,20,25). The van der Waals surface area contributed by atoms with Crippen molar-refractivity contribution in [3.63, 3.8) is 0 Å². The number of methoxy groups -OCH3 is 1. The Morgan fingerprint density at radius 3 is 2.57 bits per heavy atom. The van der Waals surface area contributed by atoms with Crippen molar-refractivity contribution in [3.8, 4) is 5.69 Å². The number of tetrazole rings is 1. The number of aromatic nitrogens is 4. The van der Waals surface area contributed by atoms with Crippen molar-refractivity contribution in [3.05, 3.63) is 65.7 Å². The highest BCUT2D eigenvalue weighted by atomic mass is 32.2. The molecule has 0 spiro atoms. The third-order valence-corrected chi connectivity index (χ3v) is 4.80. The van der Waals surface area contributed by atoms with E-state index in [0.717, 1.165) is 6.42 Å². The molecule has 0 bridgehead atoms.